The lowest BCUT2D eigenvalue weighted by atomic mass is 9.86. The van der Waals surface area contributed by atoms with E-state index < -0.39 is 0 Å². The molecule has 1 saturated carbocycles. The van der Waals surface area contributed by atoms with E-state index in [0.717, 1.165) is 5.56 Å². The monoisotopic (exact) mass is 301 g/mol. The molecule has 22 heavy (non-hydrogen) atoms. The molecule has 0 saturated heterocycles. The van der Waals surface area contributed by atoms with Crippen molar-refractivity contribution in [3.8, 4) is 0 Å². The minimum atomic E-state index is 0.138. The average Bonchev–Trinajstić information content (AvgIpc) is 2.45. The molecule has 1 aromatic rings. The largest absolute Gasteiger partial charge is 0.307 e. The van der Waals surface area contributed by atoms with Crippen LogP contribution in [-0.4, -0.2) is 18.4 Å². The lowest BCUT2D eigenvalue weighted by Gasteiger charge is -2.21. The zero-order valence-corrected chi connectivity index (χ0v) is 14.5. The summed E-state index contributed by atoms with van der Waals surface area (Å²) < 4.78 is 0. The Morgan fingerprint density at radius 1 is 1.00 bits per heavy atom. The molecule has 2 nitrogen and oxygen atoms in total. The van der Waals surface area contributed by atoms with E-state index in [9.17, 15) is 4.79 Å². The van der Waals surface area contributed by atoms with E-state index in [1.807, 2.05) is 12.1 Å². The van der Waals surface area contributed by atoms with Crippen LogP contribution in [0.5, 0.6) is 0 Å². The lowest BCUT2D eigenvalue weighted by Crippen LogP contribution is -2.34. The molecular formula is C20H31NO. The van der Waals surface area contributed by atoms with E-state index in [0.29, 0.717) is 12.6 Å². The number of benzene rings is 1. The Morgan fingerprint density at radius 2 is 1.55 bits per heavy atom. The fraction of sp³-hybridized carbons (Fsp3) is 0.650. The van der Waals surface area contributed by atoms with Crippen molar-refractivity contribution in [1.82, 2.24) is 5.32 Å². The van der Waals surface area contributed by atoms with Gasteiger partial charge < -0.3 is 5.32 Å². The standard InChI is InChI=1S/C20H31NO/c1-20(2,3)17-13-11-16(12-14-17)19(22)15-21-18-9-7-5-4-6-8-10-18/h11-14,18,21H,4-10,15H2,1-3H3. The maximum Gasteiger partial charge on any atom is 0.176 e. The third-order valence-corrected chi connectivity index (χ3v) is 4.73. The van der Waals surface area contributed by atoms with Gasteiger partial charge in [0.25, 0.3) is 0 Å². The number of Topliss-reactive ketones (excluding diaryl/α,β-unsaturated/α-hetero) is 1. The Bertz CT molecular complexity index is 461. The van der Waals surface area contributed by atoms with Crippen molar-refractivity contribution >= 4 is 5.78 Å². The van der Waals surface area contributed by atoms with E-state index in [2.05, 4.69) is 38.2 Å². The highest BCUT2D eigenvalue weighted by molar-refractivity contribution is 5.97. The van der Waals surface area contributed by atoms with E-state index in [4.69, 9.17) is 0 Å². The predicted molar refractivity (Wildman–Crippen MR) is 93.6 cm³/mol. The number of rotatable bonds is 4. The summed E-state index contributed by atoms with van der Waals surface area (Å²) in [7, 11) is 0. The van der Waals surface area contributed by atoms with Crippen LogP contribution >= 0.6 is 0 Å². The van der Waals surface area contributed by atoms with E-state index in [1.165, 1.54) is 50.5 Å². The minimum absolute atomic E-state index is 0.138. The summed E-state index contributed by atoms with van der Waals surface area (Å²) in [6.07, 6.45) is 9.11. The quantitative estimate of drug-likeness (QED) is 0.804. The van der Waals surface area contributed by atoms with Gasteiger partial charge in [-0.15, -0.1) is 0 Å². The van der Waals surface area contributed by atoms with Crippen LogP contribution in [-0.2, 0) is 5.41 Å². The second kappa shape index (κ2) is 7.92. The SMILES string of the molecule is CC(C)(C)c1ccc(C(=O)CNC2CCCCCCC2)cc1. The molecular weight excluding hydrogens is 270 g/mol. The summed E-state index contributed by atoms with van der Waals surface area (Å²) in [4.78, 5) is 12.3. The maximum absolute atomic E-state index is 12.3. The van der Waals surface area contributed by atoms with Gasteiger partial charge in [-0.25, -0.2) is 0 Å². The van der Waals surface area contributed by atoms with Gasteiger partial charge in [0.05, 0.1) is 6.54 Å². The fourth-order valence-electron chi connectivity index (χ4n) is 3.16. The summed E-state index contributed by atoms with van der Waals surface area (Å²) in [5, 5.41) is 3.48. The summed E-state index contributed by atoms with van der Waals surface area (Å²) >= 11 is 0. The van der Waals surface area contributed by atoms with Crippen LogP contribution in [0.4, 0.5) is 0 Å². The molecule has 1 fully saturated rings. The van der Waals surface area contributed by atoms with Crippen molar-refractivity contribution < 1.29 is 4.79 Å². The van der Waals surface area contributed by atoms with Gasteiger partial charge in [0, 0.05) is 11.6 Å². The van der Waals surface area contributed by atoms with Gasteiger partial charge in [-0.05, 0) is 23.8 Å². The molecule has 1 aliphatic carbocycles. The number of hydrogen-bond donors (Lipinski definition) is 1. The zero-order valence-electron chi connectivity index (χ0n) is 14.5. The van der Waals surface area contributed by atoms with E-state index >= 15 is 0 Å². The van der Waals surface area contributed by atoms with Crippen molar-refractivity contribution in [2.45, 2.75) is 77.2 Å². The Kier molecular flexibility index (Phi) is 6.19. The third-order valence-electron chi connectivity index (χ3n) is 4.73. The molecule has 1 N–H and O–H groups in total. The van der Waals surface area contributed by atoms with Crippen LogP contribution in [0.25, 0.3) is 0 Å². The lowest BCUT2D eigenvalue weighted by molar-refractivity contribution is 0.0985. The van der Waals surface area contributed by atoms with Crippen LogP contribution in [0.15, 0.2) is 24.3 Å². The normalized spacial score (nSPS) is 17.8. The predicted octanol–water partition coefficient (Wildman–Crippen LogP) is 4.87. The first-order valence-corrected chi connectivity index (χ1v) is 8.84. The summed E-state index contributed by atoms with van der Waals surface area (Å²) in [5.74, 6) is 0.211. The first kappa shape index (κ1) is 17.2. The number of carbonyl (C=O) groups excluding carboxylic acids is 1. The highest BCUT2D eigenvalue weighted by Gasteiger charge is 2.15. The second-order valence-electron chi connectivity index (χ2n) is 7.67. The molecule has 2 heteroatoms. The Balaban J connectivity index is 1.86. The first-order valence-electron chi connectivity index (χ1n) is 8.84. The molecule has 0 radical (unpaired) electrons. The van der Waals surface area contributed by atoms with Gasteiger partial charge in [-0.2, -0.15) is 0 Å². The van der Waals surface area contributed by atoms with Crippen molar-refractivity contribution in [3.05, 3.63) is 35.4 Å². The average molecular weight is 301 g/mol. The van der Waals surface area contributed by atoms with E-state index in [1.54, 1.807) is 0 Å². The van der Waals surface area contributed by atoms with Gasteiger partial charge in [-0.3, -0.25) is 4.79 Å². The van der Waals surface area contributed by atoms with E-state index in [-0.39, 0.29) is 11.2 Å². The number of ketones is 1. The maximum atomic E-state index is 12.3. The van der Waals surface area contributed by atoms with Crippen LogP contribution in [0.1, 0.15) is 81.6 Å². The van der Waals surface area contributed by atoms with Gasteiger partial charge in [0.15, 0.2) is 5.78 Å². The molecule has 0 bridgehead atoms. The Morgan fingerprint density at radius 3 is 2.09 bits per heavy atom. The number of carbonyl (C=O) groups is 1. The molecule has 0 unspecified atom stereocenters. The molecule has 0 aliphatic heterocycles. The molecule has 1 aliphatic rings. The van der Waals surface area contributed by atoms with Crippen molar-refractivity contribution in [3.63, 3.8) is 0 Å². The first-order chi connectivity index (χ1) is 10.5. The summed E-state index contributed by atoms with van der Waals surface area (Å²) in [6.45, 7) is 7.06. The minimum Gasteiger partial charge on any atom is -0.307 e. The summed E-state index contributed by atoms with van der Waals surface area (Å²) in [6, 6.07) is 8.65. The van der Waals surface area contributed by atoms with Crippen LogP contribution in [0.3, 0.4) is 0 Å². The molecule has 0 atom stereocenters. The highest BCUT2D eigenvalue weighted by Crippen LogP contribution is 2.22. The second-order valence-corrected chi connectivity index (χ2v) is 7.67. The van der Waals surface area contributed by atoms with Crippen LogP contribution in [0, 0.1) is 0 Å². The molecule has 2 rings (SSSR count). The molecule has 0 amide bonds. The van der Waals surface area contributed by atoms with Gasteiger partial charge in [0.1, 0.15) is 0 Å². The third kappa shape index (κ3) is 5.24. The van der Waals surface area contributed by atoms with Gasteiger partial charge in [-0.1, -0.05) is 77.1 Å². The number of hydrogen-bond acceptors (Lipinski definition) is 2. The fourth-order valence-corrected chi connectivity index (χ4v) is 3.16. The Hall–Kier alpha value is -1.15. The van der Waals surface area contributed by atoms with Crippen molar-refractivity contribution in [1.29, 1.82) is 0 Å². The van der Waals surface area contributed by atoms with Crippen LogP contribution in [0.2, 0.25) is 0 Å². The molecule has 0 heterocycles. The number of nitrogens with one attached hydrogen (secondary N) is 1. The molecule has 122 valence electrons. The van der Waals surface area contributed by atoms with Crippen molar-refractivity contribution in [2.75, 3.05) is 6.54 Å². The molecule has 0 aromatic heterocycles. The van der Waals surface area contributed by atoms with Gasteiger partial charge >= 0.3 is 0 Å². The van der Waals surface area contributed by atoms with Crippen molar-refractivity contribution in [2.24, 2.45) is 0 Å². The highest BCUT2D eigenvalue weighted by atomic mass is 16.1. The zero-order chi connectivity index (χ0) is 16.0. The topological polar surface area (TPSA) is 29.1 Å². The summed E-state index contributed by atoms with van der Waals surface area (Å²) in [5.41, 5.74) is 2.24. The smallest absolute Gasteiger partial charge is 0.176 e. The molecule has 1 aromatic carbocycles. The molecule has 0 spiro atoms. The van der Waals surface area contributed by atoms with Crippen LogP contribution < -0.4 is 5.32 Å². The Labute approximate surface area is 135 Å². The van der Waals surface area contributed by atoms with Gasteiger partial charge in [0.2, 0.25) is 0 Å².